The topological polar surface area (TPSA) is 68.5 Å². The molecule has 27 heavy (non-hydrogen) atoms. The Morgan fingerprint density at radius 1 is 1.15 bits per heavy atom. The van der Waals surface area contributed by atoms with E-state index in [9.17, 15) is 4.79 Å². The van der Waals surface area contributed by atoms with Crippen molar-refractivity contribution in [1.29, 1.82) is 0 Å². The van der Waals surface area contributed by atoms with Gasteiger partial charge in [0.15, 0.2) is 5.65 Å². The molecule has 0 aliphatic carbocycles. The number of rotatable bonds is 4. The van der Waals surface area contributed by atoms with Gasteiger partial charge < -0.3 is 10.1 Å². The van der Waals surface area contributed by atoms with Gasteiger partial charge in [-0.25, -0.2) is 9.50 Å². The van der Waals surface area contributed by atoms with Gasteiger partial charge in [-0.3, -0.25) is 4.79 Å². The van der Waals surface area contributed by atoms with Gasteiger partial charge in [-0.05, 0) is 42.8 Å². The summed E-state index contributed by atoms with van der Waals surface area (Å²) in [5, 5.41) is 7.35. The van der Waals surface area contributed by atoms with Gasteiger partial charge in [-0.15, -0.1) is 0 Å². The minimum absolute atomic E-state index is 0.280. The molecule has 0 bridgehead atoms. The molecule has 0 aliphatic rings. The summed E-state index contributed by atoms with van der Waals surface area (Å²) in [6.07, 6.45) is 3.26. The molecule has 0 aliphatic heterocycles. The molecule has 7 heteroatoms. The van der Waals surface area contributed by atoms with Gasteiger partial charge in [-0.1, -0.05) is 29.8 Å². The molecule has 0 radical (unpaired) electrons. The Morgan fingerprint density at radius 3 is 2.85 bits per heavy atom. The van der Waals surface area contributed by atoms with Crippen molar-refractivity contribution < 1.29 is 9.53 Å². The lowest BCUT2D eigenvalue weighted by molar-refractivity contribution is 0.102. The molecule has 2 heterocycles. The Kier molecular flexibility index (Phi) is 4.48. The molecule has 4 rings (SSSR count). The van der Waals surface area contributed by atoms with Gasteiger partial charge in [0.05, 0.1) is 16.8 Å². The van der Waals surface area contributed by atoms with Crippen LogP contribution in [-0.4, -0.2) is 20.5 Å². The molecule has 0 saturated heterocycles. The Labute approximate surface area is 160 Å². The second-order valence-corrected chi connectivity index (χ2v) is 6.35. The van der Waals surface area contributed by atoms with Crippen molar-refractivity contribution in [3.63, 3.8) is 0 Å². The monoisotopic (exact) mass is 378 g/mol. The van der Waals surface area contributed by atoms with Crippen LogP contribution in [0.2, 0.25) is 5.02 Å². The van der Waals surface area contributed by atoms with Gasteiger partial charge in [0.1, 0.15) is 17.8 Å². The number of carbonyl (C=O) groups is 1. The number of hydrogen-bond acceptors (Lipinski definition) is 4. The van der Waals surface area contributed by atoms with E-state index in [0.29, 0.717) is 27.8 Å². The van der Waals surface area contributed by atoms with Crippen molar-refractivity contribution in [3.05, 3.63) is 83.3 Å². The molecule has 134 valence electrons. The molecule has 4 aromatic rings. The summed E-state index contributed by atoms with van der Waals surface area (Å²) in [6.45, 7) is 1.94. The summed E-state index contributed by atoms with van der Waals surface area (Å²) in [5.41, 5.74) is 2.71. The standard InChI is InChI=1S/C20H15ClN4O2/c1-13-9-19-22-12-23-25(19)11-18(13)27-15-6-4-5-14(10-15)24-20(26)16-7-2-3-8-17(16)21/h2-12H,1H3,(H,24,26). The third-order valence-corrected chi connectivity index (χ3v) is 4.34. The number of ether oxygens (including phenoxy) is 1. The smallest absolute Gasteiger partial charge is 0.257 e. The normalized spacial score (nSPS) is 10.7. The molecule has 0 unspecified atom stereocenters. The maximum atomic E-state index is 12.4. The number of amides is 1. The predicted molar refractivity (Wildman–Crippen MR) is 104 cm³/mol. The molecule has 1 N–H and O–H groups in total. The maximum absolute atomic E-state index is 12.4. The number of nitrogens with one attached hydrogen (secondary N) is 1. The number of fused-ring (bicyclic) bond motifs is 1. The molecular weight excluding hydrogens is 364 g/mol. The van der Waals surface area contributed by atoms with Gasteiger partial charge in [-0.2, -0.15) is 5.10 Å². The number of halogens is 1. The van der Waals surface area contributed by atoms with E-state index in [1.54, 1.807) is 53.2 Å². The van der Waals surface area contributed by atoms with E-state index in [4.69, 9.17) is 16.3 Å². The van der Waals surface area contributed by atoms with E-state index >= 15 is 0 Å². The zero-order valence-corrected chi connectivity index (χ0v) is 15.1. The lowest BCUT2D eigenvalue weighted by Gasteiger charge is -2.11. The van der Waals surface area contributed by atoms with Gasteiger partial charge in [0.2, 0.25) is 0 Å². The van der Waals surface area contributed by atoms with Crippen LogP contribution in [0.5, 0.6) is 11.5 Å². The number of aryl methyl sites for hydroxylation is 1. The Balaban J connectivity index is 1.56. The number of aromatic nitrogens is 3. The zero-order valence-electron chi connectivity index (χ0n) is 14.4. The molecular formula is C20H15ClN4O2. The minimum atomic E-state index is -0.280. The van der Waals surface area contributed by atoms with Crippen molar-refractivity contribution in [2.45, 2.75) is 6.92 Å². The van der Waals surface area contributed by atoms with E-state index in [0.717, 1.165) is 11.2 Å². The first-order valence-corrected chi connectivity index (χ1v) is 8.62. The number of pyridine rings is 1. The van der Waals surface area contributed by atoms with Gasteiger partial charge in [0, 0.05) is 11.8 Å². The quantitative estimate of drug-likeness (QED) is 0.557. The summed E-state index contributed by atoms with van der Waals surface area (Å²) < 4.78 is 7.62. The fraction of sp³-hybridized carbons (Fsp3) is 0.0500. The van der Waals surface area contributed by atoms with E-state index in [1.807, 2.05) is 19.1 Å². The number of carbonyl (C=O) groups excluding carboxylic acids is 1. The Hall–Kier alpha value is -3.38. The average Bonchev–Trinajstić information content (AvgIpc) is 3.09. The first kappa shape index (κ1) is 17.1. The fourth-order valence-corrected chi connectivity index (χ4v) is 2.88. The van der Waals surface area contributed by atoms with Crippen LogP contribution in [0.1, 0.15) is 15.9 Å². The van der Waals surface area contributed by atoms with Crippen LogP contribution < -0.4 is 10.1 Å². The highest BCUT2D eigenvalue weighted by Gasteiger charge is 2.11. The molecule has 2 aromatic carbocycles. The van der Waals surface area contributed by atoms with Crippen LogP contribution >= 0.6 is 11.6 Å². The van der Waals surface area contributed by atoms with Crippen LogP contribution in [-0.2, 0) is 0 Å². The number of benzene rings is 2. The highest BCUT2D eigenvalue weighted by Crippen LogP contribution is 2.27. The maximum Gasteiger partial charge on any atom is 0.257 e. The zero-order chi connectivity index (χ0) is 18.8. The van der Waals surface area contributed by atoms with Crippen LogP contribution in [0, 0.1) is 6.92 Å². The highest BCUT2D eigenvalue weighted by atomic mass is 35.5. The van der Waals surface area contributed by atoms with Crippen molar-refractivity contribution in [3.8, 4) is 11.5 Å². The largest absolute Gasteiger partial charge is 0.455 e. The van der Waals surface area contributed by atoms with Crippen molar-refractivity contribution in [2.24, 2.45) is 0 Å². The van der Waals surface area contributed by atoms with Crippen LogP contribution in [0.3, 0.4) is 0 Å². The second kappa shape index (κ2) is 7.09. The summed E-state index contributed by atoms with van der Waals surface area (Å²) in [5.74, 6) is 0.968. The molecule has 0 saturated carbocycles. The molecule has 2 aromatic heterocycles. The average molecular weight is 379 g/mol. The Bertz CT molecular complexity index is 1140. The predicted octanol–water partition coefficient (Wildman–Crippen LogP) is 4.74. The first-order valence-electron chi connectivity index (χ1n) is 8.24. The van der Waals surface area contributed by atoms with Gasteiger partial charge >= 0.3 is 0 Å². The van der Waals surface area contributed by atoms with Gasteiger partial charge in [0.25, 0.3) is 5.91 Å². The SMILES string of the molecule is Cc1cc2ncnn2cc1Oc1cccc(NC(=O)c2ccccc2Cl)c1. The third kappa shape index (κ3) is 3.61. The van der Waals surface area contributed by atoms with E-state index in [1.165, 1.54) is 6.33 Å². The van der Waals surface area contributed by atoms with Crippen LogP contribution in [0.15, 0.2) is 67.1 Å². The molecule has 0 atom stereocenters. The van der Waals surface area contributed by atoms with E-state index < -0.39 is 0 Å². The Morgan fingerprint density at radius 2 is 2.00 bits per heavy atom. The van der Waals surface area contributed by atoms with E-state index in [2.05, 4.69) is 15.4 Å². The molecule has 6 nitrogen and oxygen atoms in total. The fourth-order valence-electron chi connectivity index (χ4n) is 2.65. The third-order valence-electron chi connectivity index (χ3n) is 4.01. The summed E-state index contributed by atoms with van der Waals surface area (Å²) in [7, 11) is 0. The molecule has 1 amide bonds. The summed E-state index contributed by atoms with van der Waals surface area (Å²) >= 11 is 6.08. The lowest BCUT2D eigenvalue weighted by Crippen LogP contribution is -2.12. The lowest BCUT2D eigenvalue weighted by atomic mass is 10.2. The van der Waals surface area contributed by atoms with Crippen LogP contribution in [0.4, 0.5) is 5.69 Å². The summed E-state index contributed by atoms with van der Waals surface area (Å²) in [6, 6.07) is 16.0. The molecule has 0 fully saturated rings. The van der Waals surface area contributed by atoms with Crippen molar-refractivity contribution in [2.75, 3.05) is 5.32 Å². The highest BCUT2D eigenvalue weighted by molar-refractivity contribution is 6.34. The minimum Gasteiger partial charge on any atom is -0.455 e. The van der Waals surface area contributed by atoms with Crippen LogP contribution in [0.25, 0.3) is 5.65 Å². The first-order chi connectivity index (χ1) is 13.1. The molecule has 0 spiro atoms. The van der Waals surface area contributed by atoms with Crippen molar-refractivity contribution >= 4 is 28.8 Å². The number of anilines is 1. The number of hydrogen-bond donors (Lipinski definition) is 1. The summed E-state index contributed by atoms with van der Waals surface area (Å²) in [4.78, 5) is 16.6. The second-order valence-electron chi connectivity index (χ2n) is 5.95. The van der Waals surface area contributed by atoms with E-state index in [-0.39, 0.29) is 5.91 Å². The van der Waals surface area contributed by atoms with Crippen molar-refractivity contribution in [1.82, 2.24) is 14.6 Å². The number of nitrogens with zero attached hydrogens (tertiary/aromatic N) is 3.